The van der Waals surface area contributed by atoms with Gasteiger partial charge in [-0.15, -0.1) is 0 Å². The van der Waals surface area contributed by atoms with Crippen molar-refractivity contribution in [1.82, 2.24) is 0 Å². The highest BCUT2D eigenvalue weighted by Gasteiger charge is 2.06. The Morgan fingerprint density at radius 3 is 1.80 bits per heavy atom. The summed E-state index contributed by atoms with van der Waals surface area (Å²) in [6, 6.07) is 36.4. The number of benzene rings is 4. The predicted molar refractivity (Wildman–Crippen MR) is 122 cm³/mol. The first-order chi connectivity index (χ1) is 14.8. The third kappa shape index (κ3) is 3.55. The molecule has 3 nitrogen and oxygen atoms in total. The van der Waals surface area contributed by atoms with E-state index in [2.05, 4.69) is 72.0 Å². The molecule has 1 heterocycles. The summed E-state index contributed by atoms with van der Waals surface area (Å²) in [5.74, 6) is 0.870. The van der Waals surface area contributed by atoms with Gasteiger partial charge in [-0.2, -0.15) is 5.26 Å². The smallest absolute Gasteiger partial charge is 0.135 e. The molecule has 0 aliphatic heterocycles. The van der Waals surface area contributed by atoms with Gasteiger partial charge in [-0.3, -0.25) is 0 Å². The van der Waals surface area contributed by atoms with Crippen LogP contribution in [-0.4, -0.2) is 0 Å². The van der Waals surface area contributed by atoms with E-state index >= 15 is 0 Å². The molecule has 30 heavy (non-hydrogen) atoms. The van der Waals surface area contributed by atoms with E-state index in [0.29, 0.717) is 5.56 Å². The standard InChI is InChI=1S/C27H18N2O/c28-18-19-5-7-20(8-6-19)21-9-13-24(14-10-21)29-25-15-11-22(12-16-25)27-17-23-3-1-2-4-26(23)30-27/h1-17,29H. The summed E-state index contributed by atoms with van der Waals surface area (Å²) in [6.45, 7) is 0. The van der Waals surface area contributed by atoms with E-state index in [1.54, 1.807) is 0 Å². The van der Waals surface area contributed by atoms with Crippen LogP contribution in [0, 0.1) is 11.3 Å². The van der Waals surface area contributed by atoms with Crippen molar-refractivity contribution in [3.63, 3.8) is 0 Å². The first kappa shape index (κ1) is 17.8. The fourth-order valence-electron chi connectivity index (χ4n) is 3.49. The fraction of sp³-hybridized carbons (Fsp3) is 0. The number of anilines is 2. The number of nitrogens with one attached hydrogen (secondary N) is 1. The Morgan fingerprint density at radius 2 is 1.20 bits per heavy atom. The molecule has 0 spiro atoms. The molecule has 0 saturated carbocycles. The minimum absolute atomic E-state index is 0.670. The molecular formula is C27H18N2O. The van der Waals surface area contributed by atoms with Gasteiger partial charge < -0.3 is 9.73 Å². The van der Waals surface area contributed by atoms with Crippen molar-refractivity contribution in [1.29, 1.82) is 5.26 Å². The summed E-state index contributed by atoms with van der Waals surface area (Å²) in [4.78, 5) is 0. The van der Waals surface area contributed by atoms with Gasteiger partial charge in [0.2, 0.25) is 0 Å². The second kappa shape index (κ2) is 7.62. The van der Waals surface area contributed by atoms with Crippen LogP contribution in [0.5, 0.6) is 0 Å². The van der Waals surface area contributed by atoms with Crippen molar-refractivity contribution in [2.75, 3.05) is 5.32 Å². The van der Waals surface area contributed by atoms with E-state index in [4.69, 9.17) is 9.68 Å². The molecule has 1 N–H and O–H groups in total. The van der Waals surface area contributed by atoms with Crippen LogP contribution in [-0.2, 0) is 0 Å². The van der Waals surface area contributed by atoms with Crippen LogP contribution < -0.4 is 5.32 Å². The largest absolute Gasteiger partial charge is 0.456 e. The highest BCUT2D eigenvalue weighted by molar-refractivity contribution is 5.83. The minimum Gasteiger partial charge on any atom is -0.456 e. The monoisotopic (exact) mass is 386 g/mol. The number of rotatable bonds is 4. The molecule has 0 fully saturated rings. The summed E-state index contributed by atoms with van der Waals surface area (Å²) in [5, 5.41) is 13.5. The molecule has 0 saturated heterocycles. The van der Waals surface area contributed by atoms with Crippen LogP contribution in [0.25, 0.3) is 33.4 Å². The van der Waals surface area contributed by atoms with Crippen molar-refractivity contribution < 1.29 is 4.42 Å². The highest BCUT2D eigenvalue weighted by atomic mass is 16.3. The summed E-state index contributed by atoms with van der Waals surface area (Å²) in [5.41, 5.74) is 6.86. The van der Waals surface area contributed by atoms with Crippen LogP contribution in [0.2, 0.25) is 0 Å². The lowest BCUT2D eigenvalue weighted by atomic mass is 10.0. The van der Waals surface area contributed by atoms with Crippen molar-refractivity contribution in [3.8, 4) is 28.5 Å². The van der Waals surface area contributed by atoms with Crippen LogP contribution in [0.4, 0.5) is 11.4 Å². The maximum atomic E-state index is 8.93. The highest BCUT2D eigenvalue weighted by Crippen LogP contribution is 2.29. The molecule has 0 aliphatic rings. The number of nitriles is 1. The first-order valence-corrected chi connectivity index (χ1v) is 9.75. The minimum atomic E-state index is 0.670. The third-order valence-corrected chi connectivity index (χ3v) is 5.12. The average molecular weight is 386 g/mol. The van der Waals surface area contributed by atoms with E-state index in [1.165, 1.54) is 0 Å². The van der Waals surface area contributed by atoms with E-state index in [1.807, 2.05) is 42.5 Å². The van der Waals surface area contributed by atoms with Gasteiger partial charge in [0, 0.05) is 22.3 Å². The summed E-state index contributed by atoms with van der Waals surface area (Å²) < 4.78 is 5.94. The molecule has 5 rings (SSSR count). The molecule has 142 valence electrons. The Morgan fingerprint density at radius 1 is 0.633 bits per heavy atom. The molecule has 0 aliphatic carbocycles. The van der Waals surface area contributed by atoms with Crippen LogP contribution >= 0.6 is 0 Å². The molecule has 0 unspecified atom stereocenters. The second-order valence-corrected chi connectivity index (χ2v) is 7.12. The molecule has 3 heteroatoms. The second-order valence-electron chi connectivity index (χ2n) is 7.12. The topological polar surface area (TPSA) is 49.0 Å². The number of para-hydroxylation sites is 1. The molecule has 4 aromatic carbocycles. The third-order valence-electron chi connectivity index (χ3n) is 5.12. The van der Waals surface area contributed by atoms with E-state index in [0.717, 1.165) is 44.8 Å². The van der Waals surface area contributed by atoms with Crippen molar-refractivity contribution in [3.05, 3.63) is 109 Å². The number of furan rings is 1. The number of fused-ring (bicyclic) bond motifs is 1. The summed E-state index contributed by atoms with van der Waals surface area (Å²) in [7, 11) is 0. The lowest BCUT2D eigenvalue weighted by Gasteiger charge is -2.08. The van der Waals surface area contributed by atoms with Crippen LogP contribution in [0.1, 0.15) is 5.56 Å². The molecular weight excluding hydrogens is 368 g/mol. The summed E-state index contributed by atoms with van der Waals surface area (Å²) >= 11 is 0. The van der Waals surface area contributed by atoms with Crippen LogP contribution in [0.3, 0.4) is 0 Å². The molecule has 0 radical (unpaired) electrons. The van der Waals surface area contributed by atoms with Gasteiger partial charge in [0.05, 0.1) is 11.6 Å². The van der Waals surface area contributed by atoms with E-state index in [9.17, 15) is 0 Å². The van der Waals surface area contributed by atoms with Gasteiger partial charge in [0.1, 0.15) is 11.3 Å². The fourth-order valence-corrected chi connectivity index (χ4v) is 3.49. The molecule has 0 atom stereocenters. The van der Waals surface area contributed by atoms with Gasteiger partial charge in [0.25, 0.3) is 0 Å². The zero-order chi connectivity index (χ0) is 20.3. The lowest BCUT2D eigenvalue weighted by Crippen LogP contribution is -1.90. The number of nitrogens with zero attached hydrogens (tertiary/aromatic N) is 1. The Bertz CT molecular complexity index is 1310. The SMILES string of the molecule is N#Cc1ccc(-c2ccc(Nc3ccc(-c4cc5ccccc5o4)cc3)cc2)cc1. The van der Waals surface area contributed by atoms with Gasteiger partial charge >= 0.3 is 0 Å². The first-order valence-electron chi connectivity index (χ1n) is 9.75. The van der Waals surface area contributed by atoms with Crippen molar-refractivity contribution in [2.24, 2.45) is 0 Å². The number of hydrogen-bond acceptors (Lipinski definition) is 3. The molecule has 0 amide bonds. The lowest BCUT2D eigenvalue weighted by molar-refractivity contribution is 0.631. The van der Waals surface area contributed by atoms with Gasteiger partial charge in [-0.1, -0.05) is 42.5 Å². The molecule has 5 aromatic rings. The predicted octanol–water partition coefficient (Wildman–Crippen LogP) is 7.38. The van der Waals surface area contributed by atoms with Gasteiger partial charge in [0.15, 0.2) is 0 Å². The zero-order valence-electron chi connectivity index (χ0n) is 16.2. The van der Waals surface area contributed by atoms with E-state index in [-0.39, 0.29) is 0 Å². The molecule has 1 aromatic heterocycles. The van der Waals surface area contributed by atoms with Gasteiger partial charge in [-0.25, -0.2) is 0 Å². The quantitative estimate of drug-likeness (QED) is 0.350. The van der Waals surface area contributed by atoms with E-state index < -0.39 is 0 Å². The Labute approximate surface area is 174 Å². The Kier molecular flexibility index (Phi) is 4.51. The normalized spacial score (nSPS) is 10.6. The van der Waals surface area contributed by atoms with Crippen molar-refractivity contribution in [2.45, 2.75) is 0 Å². The Hall–Kier alpha value is -4.29. The maximum Gasteiger partial charge on any atom is 0.135 e. The van der Waals surface area contributed by atoms with Gasteiger partial charge in [-0.05, 0) is 71.8 Å². The molecule has 0 bridgehead atoms. The summed E-state index contributed by atoms with van der Waals surface area (Å²) in [6.07, 6.45) is 0. The average Bonchev–Trinajstić information content (AvgIpc) is 3.25. The van der Waals surface area contributed by atoms with Crippen molar-refractivity contribution >= 4 is 22.3 Å². The van der Waals surface area contributed by atoms with Crippen LogP contribution in [0.15, 0.2) is 108 Å². The zero-order valence-corrected chi connectivity index (χ0v) is 16.2. The maximum absolute atomic E-state index is 8.93. The Balaban J connectivity index is 1.31. The number of hydrogen-bond donors (Lipinski definition) is 1.